The molecule has 0 amide bonds. The molecule has 0 bridgehead atoms. The highest BCUT2D eigenvalue weighted by atomic mass is 16.5. The van der Waals surface area contributed by atoms with Crippen LogP contribution in [0.4, 0.5) is 0 Å². The zero-order valence-corrected chi connectivity index (χ0v) is 10.5. The van der Waals surface area contributed by atoms with E-state index in [4.69, 9.17) is 4.74 Å². The van der Waals surface area contributed by atoms with E-state index in [9.17, 15) is 4.79 Å². The van der Waals surface area contributed by atoms with E-state index in [-0.39, 0.29) is 5.97 Å². The number of allylic oxidation sites excluding steroid dienone is 3. The van der Waals surface area contributed by atoms with Crippen molar-refractivity contribution in [2.24, 2.45) is 5.41 Å². The summed E-state index contributed by atoms with van der Waals surface area (Å²) in [6.07, 6.45) is 7.82. The van der Waals surface area contributed by atoms with Crippen LogP contribution < -0.4 is 0 Å². The molecule has 2 heteroatoms. The smallest absolute Gasteiger partial charge is 0.316 e. The van der Waals surface area contributed by atoms with Gasteiger partial charge in [-0.3, -0.25) is 4.79 Å². The van der Waals surface area contributed by atoms with Gasteiger partial charge in [0.25, 0.3) is 0 Å². The number of hydrogen-bond acceptors (Lipinski definition) is 2. The molecule has 0 spiro atoms. The lowest BCUT2D eigenvalue weighted by atomic mass is 9.97. The average Bonchev–Trinajstić information content (AvgIpc) is 2.21. The predicted octanol–water partition coefficient (Wildman–Crippen LogP) is 3.84. The summed E-state index contributed by atoms with van der Waals surface area (Å²) in [5, 5.41) is 0. The molecular weight excluding hydrogens is 188 g/mol. The Morgan fingerprint density at radius 2 is 1.87 bits per heavy atom. The summed E-state index contributed by atoms with van der Waals surface area (Å²) in [5.74, 6) is 0.511. The highest BCUT2D eigenvalue weighted by Crippen LogP contribution is 2.19. The Kier molecular flexibility index (Phi) is 5.99. The molecule has 0 N–H and O–H groups in total. The summed E-state index contributed by atoms with van der Waals surface area (Å²) in [5.41, 5.74) is -0.424. The van der Waals surface area contributed by atoms with Crippen LogP contribution in [0.15, 0.2) is 24.0 Å². The second-order valence-corrected chi connectivity index (χ2v) is 4.23. The molecule has 15 heavy (non-hydrogen) atoms. The first-order chi connectivity index (χ1) is 7.00. The third-order valence-corrected chi connectivity index (χ3v) is 1.78. The van der Waals surface area contributed by atoms with Gasteiger partial charge in [-0.2, -0.15) is 0 Å². The van der Waals surface area contributed by atoms with E-state index in [0.29, 0.717) is 5.76 Å². The topological polar surface area (TPSA) is 26.3 Å². The van der Waals surface area contributed by atoms with E-state index in [1.807, 2.05) is 52.8 Å². The maximum Gasteiger partial charge on any atom is 0.316 e. The molecule has 0 heterocycles. The van der Waals surface area contributed by atoms with Crippen LogP contribution in [0.2, 0.25) is 0 Å². The first kappa shape index (κ1) is 13.9. The normalized spacial score (nSPS) is 14.9. The standard InChI is InChI=1S/C11H16O2.C2H6/c1-11(2,3)10(12)13-9-7-5-4-6-8-9;1-2/h5,7-8H,4,6H2,1-3H3;1-2H3. The van der Waals surface area contributed by atoms with Gasteiger partial charge in [0.2, 0.25) is 0 Å². The van der Waals surface area contributed by atoms with Crippen molar-refractivity contribution in [1.29, 1.82) is 0 Å². The van der Waals surface area contributed by atoms with E-state index < -0.39 is 5.41 Å². The molecule has 0 saturated heterocycles. The van der Waals surface area contributed by atoms with Crippen molar-refractivity contribution in [3.8, 4) is 0 Å². The maximum absolute atomic E-state index is 11.4. The molecule has 0 aromatic heterocycles. The van der Waals surface area contributed by atoms with Crippen molar-refractivity contribution >= 4 is 5.97 Å². The third kappa shape index (κ3) is 5.40. The number of esters is 1. The van der Waals surface area contributed by atoms with Crippen LogP contribution in [-0.2, 0) is 9.53 Å². The molecule has 1 aliphatic rings. The lowest BCUT2D eigenvalue weighted by Crippen LogP contribution is -2.22. The second kappa shape index (κ2) is 6.44. The zero-order valence-electron chi connectivity index (χ0n) is 10.5. The van der Waals surface area contributed by atoms with E-state index in [0.717, 1.165) is 12.8 Å². The minimum absolute atomic E-state index is 0.176. The van der Waals surface area contributed by atoms with Crippen molar-refractivity contribution in [3.05, 3.63) is 24.0 Å². The molecule has 0 aliphatic heterocycles. The lowest BCUT2D eigenvalue weighted by molar-refractivity contribution is -0.148. The molecule has 1 rings (SSSR count). The van der Waals surface area contributed by atoms with Gasteiger partial charge in [0.05, 0.1) is 5.41 Å². The summed E-state index contributed by atoms with van der Waals surface area (Å²) in [4.78, 5) is 11.4. The second-order valence-electron chi connectivity index (χ2n) is 4.23. The van der Waals surface area contributed by atoms with Crippen LogP contribution >= 0.6 is 0 Å². The number of rotatable bonds is 1. The van der Waals surface area contributed by atoms with Gasteiger partial charge in [-0.25, -0.2) is 0 Å². The Morgan fingerprint density at radius 3 is 2.27 bits per heavy atom. The van der Waals surface area contributed by atoms with Gasteiger partial charge in [0, 0.05) is 0 Å². The Bertz CT molecular complexity index is 254. The summed E-state index contributed by atoms with van der Waals surface area (Å²) in [7, 11) is 0. The van der Waals surface area contributed by atoms with E-state index in [1.54, 1.807) is 0 Å². The van der Waals surface area contributed by atoms with E-state index in [1.165, 1.54) is 0 Å². The number of carbonyl (C=O) groups is 1. The van der Waals surface area contributed by atoms with Crippen LogP contribution in [0.1, 0.15) is 47.5 Å². The van der Waals surface area contributed by atoms with Gasteiger partial charge in [-0.1, -0.05) is 19.9 Å². The predicted molar refractivity (Wildman–Crippen MR) is 63.4 cm³/mol. The molecule has 0 saturated carbocycles. The summed E-state index contributed by atoms with van der Waals surface area (Å²) >= 11 is 0. The van der Waals surface area contributed by atoms with E-state index >= 15 is 0 Å². The Balaban J connectivity index is 0.000000921. The highest BCUT2D eigenvalue weighted by Gasteiger charge is 2.23. The number of carbonyl (C=O) groups excluding carboxylic acids is 1. The van der Waals surface area contributed by atoms with Crippen LogP contribution in [0, 0.1) is 5.41 Å². The van der Waals surface area contributed by atoms with Crippen molar-refractivity contribution in [2.75, 3.05) is 0 Å². The van der Waals surface area contributed by atoms with Crippen molar-refractivity contribution < 1.29 is 9.53 Å². The third-order valence-electron chi connectivity index (χ3n) is 1.78. The molecule has 2 nitrogen and oxygen atoms in total. The fourth-order valence-corrected chi connectivity index (χ4v) is 0.925. The minimum atomic E-state index is -0.424. The summed E-state index contributed by atoms with van der Waals surface area (Å²) in [6, 6.07) is 0. The van der Waals surface area contributed by atoms with Gasteiger partial charge in [0.15, 0.2) is 0 Å². The molecular formula is C13H22O2. The van der Waals surface area contributed by atoms with Crippen molar-refractivity contribution in [3.63, 3.8) is 0 Å². The molecule has 0 aromatic carbocycles. The van der Waals surface area contributed by atoms with Crippen molar-refractivity contribution in [2.45, 2.75) is 47.5 Å². The molecule has 0 fully saturated rings. The molecule has 0 aromatic rings. The van der Waals surface area contributed by atoms with Crippen LogP contribution in [0.25, 0.3) is 0 Å². The summed E-state index contributed by atoms with van der Waals surface area (Å²) < 4.78 is 5.19. The number of ether oxygens (including phenoxy) is 1. The quantitative estimate of drug-likeness (QED) is 0.615. The maximum atomic E-state index is 11.4. The Labute approximate surface area is 93.0 Å². The summed E-state index contributed by atoms with van der Waals surface area (Å²) in [6.45, 7) is 9.55. The van der Waals surface area contributed by atoms with Gasteiger partial charge < -0.3 is 4.74 Å². The molecule has 0 radical (unpaired) electrons. The fourth-order valence-electron chi connectivity index (χ4n) is 0.925. The molecule has 1 aliphatic carbocycles. The first-order valence-electron chi connectivity index (χ1n) is 5.59. The largest absolute Gasteiger partial charge is 0.427 e. The Morgan fingerprint density at radius 1 is 1.27 bits per heavy atom. The fraction of sp³-hybridized carbons (Fsp3) is 0.615. The lowest BCUT2D eigenvalue weighted by Gasteiger charge is -2.17. The molecule has 86 valence electrons. The molecule has 0 unspecified atom stereocenters. The molecule has 0 atom stereocenters. The highest BCUT2D eigenvalue weighted by molar-refractivity contribution is 5.76. The van der Waals surface area contributed by atoms with Crippen LogP contribution in [-0.4, -0.2) is 5.97 Å². The van der Waals surface area contributed by atoms with Gasteiger partial charge in [-0.15, -0.1) is 0 Å². The van der Waals surface area contributed by atoms with Gasteiger partial charge >= 0.3 is 5.97 Å². The average molecular weight is 210 g/mol. The SMILES string of the molecule is CC.CC(C)(C)C(=O)OC1=CCCC=C1. The Hall–Kier alpha value is -1.05. The minimum Gasteiger partial charge on any atom is -0.427 e. The number of hydrogen-bond donors (Lipinski definition) is 0. The van der Waals surface area contributed by atoms with Gasteiger partial charge in [0.1, 0.15) is 5.76 Å². The van der Waals surface area contributed by atoms with E-state index in [2.05, 4.69) is 0 Å². The van der Waals surface area contributed by atoms with Crippen LogP contribution in [0.5, 0.6) is 0 Å². The monoisotopic (exact) mass is 210 g/mol. The zero-order chi connectivity index (χ0) is 11.9. The van der Waals surface area contributed by atoms with Gasteiger partial charge in [-0.05, 0) is 45.8 Å². The van der Waals surface area contributed by atoms with Crippen molar-refractivity contribution in [1.82, 2.24) is 0 Å². The first-order valence-corrected chi connectivity index (χ1v) is 5.59. The van der Waals surface area contributed by atoms with Crippen LogP contribution in [0.3, 0.4) is 0 Å².